The first kappa shape index (κ1) is 13.5. The van der Waals surface area contributed by atoms with Gasteiger partial charge in [-0.05, 0) is 47.0 Å². The summed E-state index contributed by atoms with van der Waals surface area (Å²) in [6.45, 7) is 1.69. The van der Waals surface area contributed by atoms with Gasteiger partial charge >= 0.3 is 0 Å². The smallest absolute Gasteiger partial charge is 0.134 e. The van der Waals surface area contributed by atoms with Crippen molar-refractivity contribution >= 4 is 17.0 Å². The van der Waals surface area contributed by atoms with Gasteiger partial charge in [0.05, 0.1) is 12.8 Å². The molecule has 2 heterocycles. The van der Waals surface area contributed by atoms with E-state index in [-0.39, 0.29) is 0 Å². The van der Waals surface area contributed by atoms with Crippen molar-refractivity contribution < 1.29 is 4.74 Å². The van der Waals surface area contributed by atoms with Gasteiger partial charge in [-0.2, -0.15) is 26.7 Å². The number of hydrogen-bond donors (Lipinski definition) is 2. The van der Waals surface area contributed by atoms with Crippen molar-refractivity contribution in [2.24, 2.45) is 0 Å². The molecule has 0 saturated heterocycles. The van der Waals surface area contributed by atoms with Crippen LogP contribution in [0, 0.1) is 5.41 Å². The van der Waals surface area contributed by atoms with Crippen molar-refractivity contribution in [3.8, 4) is 28.1 Å². The number of nitrogens with one attached hydrogen (secondary N) is 2. The number of rotatable bonds is 4. The average molecular weight is 298 g/mol. The van der Waals surface area contributed by atoms with Crippen LogP contribution in [-0.2, 0) is 0 Å². The van der Waals surface area contributed by atoms with E-state index in [1.807, 2.05) is 23.6 Å². The van der Waals surface area contributed by atoms with Gasteiger partial charge in [-0.25, -0.2) is 0 Å². The zero-order valence-corrected chi connectivity index (χ0v) is 12.5. The van der Waals surface area contributed by atoms with Gasteiger partial charge in [0, 0.05) is 5.56 Å². The Morgan fingerprint density at radius 3 is 2.76 bits per heavy atom. The molecule has 106 valence electrons. The number of ether oxygens (including phenoxy) is 1. The lowest BCUT2D eigenvalue weighted by atomic mass is 10.0. The van der Waals surface area contributed by atoms with Gasteiger partial charge in [0.1, 0.15) is 17.1 Å². The molecule has 2 aromatic heterocycles. The monoisotopic (exact) mass is 298 g/mol. The van der Waals surface area contributed by atoms with Crippen molar-refractivity contribution in [3.63, 3.8) is 0 Å². The first-order chi connectivity index (χ1) is 10.2. The summed E-state index contributed by atoms with van der Waals surface area (Å²) in [5.41, 5.74) is 4.61. The third-order valence-corrected chi connectivity index (χ3v) is 3.90. The van der Waals surface area contributed by atoms with Crippen LogP contribution in [0.4, 0.5) is 0 Å². The third kappa shape index (κ3) is 2.45. The first-order valence-corrected chi connectivity index (χ1v) is 7.32. The summed E-state index contributed by atoms with van der Waals surface area (Å²) >= 11 is 1.66. The fraction of sp³-hybridized carbons (Fsp3) is 0.133. The second-order valence-electron chi connectivity index (χ2n) is 4.57. The maximum atomic E-state index is 7.80. The molecule has 0 aliphatic carbocycles. The quantitative estimate of drug-likeness (QED) is 0.723. The van der Waals surface area contributed by atoms with E-state index in [2.05, 4.69) is 26.9 Å². The molecule has 0 aliphatic rings. The molecule has 0 amide bonds. The molecule has 0 fully saturated rings. The fourth-order valence-corrected chi connectivity index (χ4v) is 2.85. The van der Waals surface area contributed by atoms with Gasteiger partial charge in [0.2, 0.25) is 0 Å². The number of aromatic amines is 1. The summed E-state index contributed by atoms with van der Waals surface area (Å²) < 4.78 is 5.43. The Bertz CT molecular complexity index is 777. The van der Waals surface area contributed by atoms with Crippen LogP contribution in [-0.4, -0.2) is 28.2 Å². The van der Waals surface area contributed by atoms with E-state index in [9.17, 15) is 0 Å². The number of methoxy groups -OCH3 is 1. The van der Waals surface area contributed by atoms with Crippen molar-refractivity contribution in [3.05, 3.63) is 40.7 Å². The van der Waals surface area contributed by atoms with E-state index in [1.165, 1.54) is 0 Å². The molecular formula is C15H14N4OS. The zero-order valence-electron chi connectivity index (χ0n) is 11.7. The predicted octanol–water partition coefficient (Wildman–Crippen LogP) is 3.60. The standard InChI is InChI=1S/C15H14N4OS/c1-9(16)14-15(18-19-17-14)12-7-10(3-4-13(12)20-2)11-5-6-21-8-11/h3-8,16H,1-2H3,(H,17,18,19). The summed E-state index contributed by atoms with van der Waals surface area (Å²) in [5, 5.41) is 22.8. The Hall–Kier alpha value is -2.47. The van der Waals surface area contributed by atoms with Crippen LogP contribution in [0.25, 0.3) is 22.4 Å². The number of hydrogen-bond acceptors (Lipinski definition) is 5. The minimum atomic E-state index is 0.363. The Kier molecular flexibility index (Phi) is 3.53. The summed E-state index contributed by atoms with van der Waals surface area (Å²) in [6, 6.07) is 8.02. The predicted molar refractivity (Wildman–Crippen MR) is 84.2 cm³/mol. The highest BCUT2D eigenvalue weighted by atomic mass is 32.1. The minimum absolute atomic E-state index is 0.363. The van der Waals surface area contributed by atoms with Crippen molar-refractivity contribution in [1.29, 1.82) is 5.41 Å². The molecule has 0 radical (unpaired) electrons. The Labute approximate surface area is 126 Å². The van der Waals surface area contributed by atoms with E-state index < -0.39 is 0 Å². The van der Waals surface area contributed by atoms with E-state index >= 15 is 0 Å². The molecule has 0 unspecified atom stereocenters. The number of H-pyrrole nitrogens is 1. The number of thiophene rings is 1. The lowest BCUT2D eigenvalue weighted by Gasteiger charge is -2.09. The van der Waals surface area contributed by atoms with Crippen molar-refractivity contribution in [2.75, 3.05) is 7.11 Å². The third-order valence-electron chi connectivity index (χ3n) is 3.21. The van der Waals surface area contributed by atoms with E-state index in [0.717, 1.165) is 16.7 Å². The molecule has 21 heavy (non-hydrogen) atoms. The van der Waals surface area contributed by atoms with Gasteiger partial charge < -0.3 is 10.1 Å². The SMILES string of the molecule is COc1ccc(-c2ccsc2)cc1-c1n[nH]nc1C(C)=N. The van der Waals surface area contributed by atoms with Crippen LogP contribution in [0.2, 0.25) is 0 Å². The highest BCUT2D eigenvalue weighted by molar-refractivity contribution is 7.08. The van der Waals surface area contributed by atoms with Crippen LogP contribution in [0.15, 0.2) is 35.0 Å². The molecule has 3 rings (SSSR count). The summed E-state index contributed by atoms with van der Waals surface area (Å²) in [6.07, 6.45) is 0. The van der Waals surface area contributed by atoms with Gasteiger partial charge in [0.25, 0.3) is 0 Å². The Morgan fingerprint density at radius 2 is 2.10 bits per heavy atom. The van der Waals surface area contributed by atoms with Crippen LogP contribution < -0.4 is 4.74 Å². The fourth-order valence-electron chi connectivity index (χ4n) is 2.18. The topological polar surface area (TPSA) is 74.7 Å². The highest BCUT2D eigenvalue weighted by Gasteiger charge is 2.17. The second-order valence-corrected chi connectivity index (χ2v) is 5.35. The summed E-state index contributed by atoms with van der Waals surface area (Å²) in [7, 11) is 1.63. The van der Waals surface area contributed by atoms with Crippen LogP contribution in [0.3, 0.4) is 0 Å². The molecule has 3 aromatic rings. The normalized spacial score (nSPS) is 10.6. The Balaban J connectivity index is 2.18. The van der Waals surface area contributed by atoms with Crippen molar-refractivity contribution in [2.45, 2.75) is 6.92 Å². The molecule has 0 bridgehead atoms. The van der Waals surface area contributed by atoms with E-state index in [1.54, 1.807) is 25.4 Å². The number of aromatic nitrogens is 3. The molecule has 6 heteroatoms. The Morgan fingerprint density at radius 1 is 1.24 bits per heavy atom. The molecule has 1 aromatic carbocycles. The maximum absolute atomic E-state index is 7.80. The molecule has 0 atom stereocenters. The average Bonchev–Trinajstić information content (AvgIpc) is 3.17. The lowest BCUT2D eigenvalue weighted by molar-refractivity contribution is 0.416. The number of nitrogens with zero attached hydrogens (tertiary/aromatic N) is 2. The van der Waals surface area contributed by atoms with Gasteiger partial charge in [-0.15, -0.1) is 0 Å². The van der Waals surface area contributed by atoms with Crippen LogP contribution >= 0.6 is 11.3 Å². The van der Waals surface area contributed by atoms with Gasteiger partial charge in [0.15, 0.2) is 0 Å². The van der Waals surface area contributed by atoms with E-state index in [0.29, 0.717) is 22.8 Å². The lowest BCUT2D eigenvalue weighted by Crippen LogP contribution is -1.97. The molecule has 2 N–H and O–H groups in total. The molecular weight excluding hydrogens is 284 g/mol. The minimum Gasteiger partial charge on any atom is -0.496 e. The zero-order chi connectivity index (χ0) is 14.8. The largest absolute Gasteiger partial charge is 0.496 e. The summed E-state index contributed by atoms with van der Waals surface area (Å²) in [5.74, 6) is 0.713. The molecule has 0 aliphatic heterocycles. The maximum Gasteiger partial charge on any atom is 0.134 e. The highest BCUT2D eigenvalue weighted by Crippen LogP contribution is 2.35. The van der Waals surface area contributed by atoms with Gasteiger partial charge in [-0.1, -0.05) is 6.07 Å². The van der Waals surface area contributed by atoms with Crippen LogP contribution in [0.5, 0.6) is 5.75 Å². The van der Waals surface area contributed by atoms with Crippen LogP contribution in [0.1, 0.15) is 12.6 Å². The molecule has 0 saturated carbocycles. The van der Waals surface area contributed by atoms with Crippen molar-refractivity contribution in [1.82, 2.24) is 15.4 Å². The number of benzene rings is 1. The van der Waals surface area contributed by atoms with Gasteiger partial charge in [-0.3, -0.25) is 0 Å². The second kappa shape index (κ2) is 5.49. The summed E-state index contributed by atoms with van der Waals surface area (Å²) in [4.78, 5) is 0. The molecule has 0 spiro atoms. The molecule has 5 nitrogen and oxygen atoms in total. The van der Waals surface area contributed by atoms with E-state index in [4.69, 9.17) is 10.1 Å². The first-order valence-electron chi connectivity index (χ1n) is 6.38.